The van der Waals surface area contributed by atoms with Crippen molar-refractivity contribution in [3.8, 4) is 0 Å². The van der Waals surface area contributed by atoms with Gasteiger partial charge in [0.25, 0.3) is 0 Å². The average Bonchev–Trinajstić information content (AvgIpc) is 2.96. The van der Waals surface area contributed by atoms with Crippen molar-refractivity contribution >= 4 is 5.97 Å². The summed E-state index contributed by atoms with van der Waals surface area (Å²) in [4.78, 5) is 12.2. The Morgan fingerprint density at radius 1 is 1.17 bits per heavy atom. The van der Waals surface area contributed by atoms with Crippen LogP contribution in [0.25, 0.3) is 0 Å². The van der Waals surface area contributed by atoms with Crippen LogP contribution in [-0.2, 0) is 20.9 Å². The van der Waals surface area contributed by atoms with Crippen molar-refractivity contribution in [2.75, 3.05) is 6.61 Å². The number of aliphatic hydroxyl groups excluding tert-OH is 1. The molecule has 120 valence electrons. The van der Waals surface area contributed by atoms with Crippen LogP contribution in [0, 0.1) is 6.92 Å². The fourth-order valence-electron chi connectivity index (χ4n) is 2.74. The van der Waals surface area contributed by atoms with Crippen LogP contribution < -0.4 is 0 Å². The van der Waals surface area contributed by atoms with E-state index in [2.05, 4.69) is 0 Å². The molecule has 3 rings (SSSR count). The van der Waals surface area contributed by atoms with E-state index in [1.807, 2.05) is 61.5 Å². The van der Waals surface area contributed by atoms with Gasteiger partial charge in [-0.2, -0.15) is 0 Å². The lowest BCUT2D eigenvalue weighted by atomic mass is 9.93. The van der Waals surface area contributed by atoms with Gasteiger partial charge in [-0.15, -0.1) is 0 Å². The first-order valence-corrected chi connectivity index (χ1v) is 7.72. The van der Waals surface area contributed by atoms with Crippen LogP contribution in [0.3, 0.4) is 0 Å². The summed E-state index contributed by atoms with van der Waals surface area (Å²) in [6, 6.07) is 17.3. The third-order valence-corrected chi connectivity index (χ3v) is 4.14. The van der Waals surface area contributed by atoms with Gasteiger partial charge in [0.05, 0.1) is 6.61 Å². The van der Waals surface area contributed by atoms with Crippen molar-refractivity contribution in [1.82, 2.24) is 0 Å². The number of aryl methyl sites for hydroxylation is 1. The molecular weight excluding hydrogens is 292 g/mol. The van der Waals surface area contributed by atoms with E-state index in [0.717, 1.165) is 16.7 Å². The molecule has 0 radical (unpaired) electrons. The number of hydrogen-bond acceptors (Lipinski definition) is 4. The van der Waals surface area contributed by atoms with Crippen LogP contribution in [0.15, 0.2) is 54.6 Å². The molecule has 23 heavy (non-hydrogen) atoms. The maximum absolute atomic E-state index is 12.2. The minimum atomic E-state index is -0.926. The van der Waals surface area contributed by atoms with Gasteiger partial charge in [0.1, 0.15) is 12.7 Å². The molecule has 0 saturated carbocycles. The third-order valence-electron chi connectivity index (χ3n) is 4.14. The van der Waals surface area contributed by atoms with Crippen molar-refractivity contribution in [2.24, 2.45) is 0 Å². The second kappa shape index (κ2) is 6.94. The number of rotatable bonds is 4. The van der Waals surface area contributed by atoms with Crippen LogP contribution in [0.5, 0.6) is 0 Å². The zero-order chi connectivity index (χ0) is 16.2. The van der Waals surface area contributed by atoms with E-state index in [1.165, 1.54) is 0 Å². The summed E-state index contributed by atoms with van der Waals surface area (Å²) in [6.07, 6.45) is -1.81. The molecule has 0 bridgehead atoms. The van der Waals surface area contributed by atoms with Crippen molar-refractivity contribution < 1.29 is 19.4 Å². The van der Waals surface area contributed by atoms with Gasteiger partial charge in [0.2, 0.25) is 0 Å². The van der Waals surface area contributed by atoms with Crippen molar-refractivity contribution in [3.05, 3.63) is 71.3 Å². The monoisotopic (exact) mass is 312 g/mol. The van der Waals surface area contributed by atoms with Crippen LogP contribution in [0.2, 0.25) is 0 Å². The van der Waals surface area contributed by atoms with E-state index in [1.54, 1.807) is 0 Å². The Labute approximate surface area is 135 Å². The smallest absolute Gasteiger partial charge is 0.338 e. The predicted molar refractivity (Wildman–Crippen MR) is 85.9 cm³/mol. The number of aliphatic hydroxyl groups is 1. The molecule has 3 atom stereocenters. The van der Waals surface area contributed by atoms with Crippen molar-refractivity contribution in [3.63, 3.8) is 0 Å². The van der Waals surface area contributed by atoms with Gasteiger partial charge in [-0.25, -0.2) is 4.79 Å². The Morgan fingerprint density at radius 2 is 1.87 bits per heavy atom. The maximum atomic E-state index is 12.2. The van der Waals surface area contributed by atoms with E-state index in [0.29, 0.717) is 6.61 Å². The van der Waals surface area contributed by atoms with E-state index in [9.17, 15) is 9.90 Å². The standard InChI is InChI=1S/C19H20O4/c1-13-7-9-15(10-8-13)16-12-22-18(17(16)20)19(21)23-11-14-5-3-2-4-6-14/h2-10,16-18,20H,11-12H2,1H3/t16-,17+,18+/m1/s1. The van der Waals surface area contributed by atoms with Gasteiger partial charge in [0.15, 0.2) is 6.10 Å². The number of esters is 1. The molecule has 0 amide bonds. The summed E-state index contributed by atoms with van der Waals surface area (Å²) in [5, 5.41) is 10.4. The molecule has 2 aromatic rings. The molecule has 0 aliphatic carbocycles. The van der Waals surface area contributed by atoms with Crippen molar-refractivity contribution in [1.29, 1.82) is 0 Å². The molecular formula is C19H20O4. The summed E-state index contributed by atoms with van der Waals surface area (Å²) >= 11 is 0. The third kappa shape index (κ3) is 3.60. The first-order valence-electron chi connectivity index (χ1n) is 7.72. The van der Waals surface area contributed by atoms with Gasteiger partial charge in [0, 0.05) is 5.92 Å². The minimum Gasteiger partial charge on any atom is -0.459 e. The van der Waals surface area contributed by atoms with Gasteiger partial charge >= 0.3 is 5.97 Å². The molecule has 0 aromatic heterocycles. The number of ether oxygens (including phenoxy) is 2. The highest BCUT2D eigenvalue weighted by Gasteiger charge is 2.42. The van der Waals surface area contributed by atoms with Crippen molar-refractivity contribution in [2.45, 2.75) is 31.7 Å². The second-order valence-corrected chi connectivity index (χ2v) is 5.86. The molecule has 1 heterocycles. The Kier molecular flexibility index (Phi) is 4.74. The van der Waals surface area contributed by atoms with E-state index >= 15 is 0 Å². The summed E-state index contributed by atoms with van der Waals surface area (Å²) in [7, 11) is 0. The maximum Gasteiger partial charge on any atom is 0.338 e. The predicted octanol–water partition coefficient (Wildman–Crippen LogP) is 2.58. The lowest BCUT2D eigenvalue weighted by molar-refractivity contribution is -0.159. The molecule has 0 spiro atoms. The molecule has 1 saturated heterocycles. The molecule has 2 aromatic carbocycles. The topological polar surface area (TPSA) is 55.8 Å². The number of benzene rings is 2. The van der Waals surface area contributed by atoms with Gasteiger partial charge in [-0.1, -0.05) is 60.2 Å². The Balaban J connectivity index is 1.60. The molecule has 0 unspecified atom stereocenters. The highest BCUT2D eigenvalue weighted by atomic mass is 16.6. The average molecular weight is 312 g/mol. The van der Waals surface area contributed by atoms with E-state index < -0.39 is 18.2 Å². The molecule has 1 N–H and O–H groups in total. The highest BCUT2D eigenvalue weighted by Crippen LogP contribution is 2.30. The number of hydrogen-bond donors (Lipinski definition) is 1. The largest absolute Gasteiger partial charge is 0.459 e. The fourth-order valence-corrected chi connectivity index (χ4v) is 2.74. The SMILES string of the molecule is Cc1ccc([C@H]2CO[C@H](C(=O)OCc3ccccc3)[C@H]2O)cc1. The summed E-state index contributed by atoms with van der Waals surface area (Å²) in [5.41, 5.74) is 3.03. The normalized spacial score (nSPS) is 23.7. The molecule has 1 aliphatic heterocycles. The molecule has 1 aliphatic rings. The lowest BCUT2D eigenvalue weighted by Gasteiger charge is -2.17. The summed E-state index contributed by atoms with van der Waals surface area (Å²) in [5.74, 6) is -0.721. The van der Waals surface area contributed by atoms with Gasteiger partial charge < -0.3 is 14.6 Å². The van der Waals surface area contributed by atoms with Gasteiger partial charge in [-0.3, -0.25) is 0 Å². The zero-order valence-electron chi connectivity index (χ0n) is 13.0. The Morgan fingerprint density at radius 3 is 2.57 bits per heavy atom. The number of carbonyl (C=O) groups is 1. The lowest BCUT2D eigenvalue weighted by Crippen LogP contribution is -2.34. The summed E-state index contributed by atoms with van der Waals surface area (Å²) < 4.78 is 10.7. The summed E-state index contributed by atoms with van der Waals surface area (Å²) in [6.45, 7) is 2.51. The van der Waals surface area contributed by atoms with Crippen LogP contribution >= 0.6 is 0 Å². The fraction of sp³-hybridized carbons (Fsp3) is 0.316. The van der Waals surface area contributed by atoms with Gasteiger partial charge in [-0.05, 0) is 18.1 Å². The zero-order valence-corrected chi connectivity index (χ0v) is 13.0. The Hall–Kier alpha value is -2.17. The Bertz CT molecular complexity index is 651. The highest BCUT2D eigenvalue weighted by molar-refractivity contribution is 5.76. The van der Waals surface area contributed by atoms with Crippen LogP contribution in [-0.4, -0.2) is 29.9 Å². The van der Waals surface area contributed by atoms with E-state index in [-0.39, 0.29) is 12.5 Å². The molecule has 4 nitrogen and oxygen atoms in total. The molecule has 4 heteroatoms. The first-order chi connectivity index (χ1) is 11.1. The number of carbonyl (C=O) groups excluding carboxylic acids is 1. The quantitative estimate of drug-likeness (QED) is 0.882. The van der Waals surface area contributed by atoms with Crippen LogP contribution in [0.1, 0.15) is 22.6 Å². The van der Waals surface area contributed by atoms with E-state index in [4.69, 9.17) is 9.47 Å². The van der Waals surface area contributed by atoms with Crippen LogP contribution in [0.4, 0.5) is 0 Å². The molecule has 1 fully saturated rings. The minimum absolute atomic E-state index is 0.182. The first kappa shape index (κ1) is 15.7. The second-order valence-electron chi connectivity index (χ2n) is 5.86.